The zero-order valence-electron chi connectivity index (χ0n) is 21.7. The Labute approximate surface area is 210 Å². The first kappa shape index (κ1) is 23.1. The molecule has 0 spiro atoms. The number of nitrogens with zero attached hydrogens (tertiary/aromatic N) is 2. The molecule has 0 fully saturated rings. The van der Waals surface area contributed by atoms with E-state index in [1.165, 1.54) is 45.0 Å². The van der Waals surface area contributed by atoms with Crippen molar-refractivity contribution in [2.75, 3.05) is 19.0 Å². The molecular formula is C33H35N2+. The third-order valence-corrected chi connectivity index (χ3v) is 7.81. The number of rotatable bonds is 4. The maximum atomic E-state index is 2.36. The van der Waals surface area contributed by atoms with E-state index < -0.39 is 0 Å². The lowest BCUT2D eigenvalue weighted by Gasteiger charge is -2.25. The SMILES string of the molecule is CN1C(=CC(=CC=CC2=[N+](C)c3ccccc3C2(C)C)c2ccccc2)C(C)(C)c2ccccc21. The number of para-hydroxylation sites is 2. The minimum atomic E-state index is -0.0625. The van der Waals surface area contributed by atoms with Gasteiger partial charge in [0.05, 0.1) is 5.41 Å². The van der Waals surface area contributed by atoms with Crippen molar-refractivity contribution in [3.05, 3.63) is 126 Å². The van der Waals surface area contributed by atoms with Gasteiger partial charge < -0.3 is 4.90 Å². The monoisotopic (exact) mass is 459 g/mol. The highest BCUT2D eigenvalue weighted by atomic mass is 15.2. The summed E-state index contributed by atoms with van der Waals surface area (Å²) in [5, 5.41) is 0. The number of likely N-dealkylation sites (N-methyl/N-ethyl adjacent to an activating group) is 1. The van der Waals surface area contributed by atoms with Gasteiger partial charge in [-0.25, -0.2) is 0 Å². The van der Waals surface area contributed by atoms with Crippen LogP contribution < -0.4 is 4.90 Å². The fourth-order valence-electron chi connectivity index (χ4n) is 5.81. The molecule has 0 unspecified atom stereocenters. The first-order chi connectivity index (χ1) is 16.7. The van der Waals surface area contributed by atoms with Crippen molar-refractivity contribution in [2.24, 2.45) is 0 Å². The normalized spacial score (nSPS) is 19.5. The van der Waals surface area contributed by atoms with Crippen LogP contribution in [0.2, 0.25) is 0 Å². The summed E-state index contributed by atoms with van der Waals surface area (Å²) in [5.74, 6) is 0. The van der Waals surface area contributed by atoms with Crippen LogP contribution in [0.3, 0.4) is 0 Å². The zero-order chi connectivity index (χ0) is 24.8. The lowest BCUT2D eigenvalue weighted by atomic mass is 9.81. The van der Waals surface area contributed by atoms with Gasteiger partial charge >= 0.3 is 0 Å². The molecular weight excluding hydrogens is 424 g/mol. The Bertz CT molecular complexity index is 1400. The summed E-state index contributed by atoms with van der Waals surface area (Å²) < 4.78 is 2.32. The maximum absolute atomic E-state index is 2.36. The molecule has 3 aromatic carbocycles. The van der Waals surface area contributed by atoms with Crippen molar-refractivity contribution < 1.29 is 4.58 Å². The Morgan fingerprint density at radius 1 is 0.771 bits per heavy atom. The van der Waals surface area contributed by atoms with Crippen molar-refractivity contribution in [3.8, 4) is 0 Å². The molecule has 5 rings (SSSR count). The maximum Gasteiger partial charge on any atom is 0.209 e. The van der Waals surface area contributed by atoms with Gasteiger partial charge in [-0.1, -0.05) is 92.7 Å². The van der Waals surface area contributed by atoms with Crippen LogP contribution in [0.15, 0.2) is 109 Å². The van der Waals surface area contributed by atoms with E-state index in [2.05, 4.69) is 154 Å². The van der Waals surface area contributed by atoms with Gasteiger partial charge in [0.25, 0.3) is 0 Å². The van der Waals surface area contributed by atoms with Crippen molar-refractivity contribution in [3.63, 3.8) is 0 Å². The average molecular weight is 460 g/mol. The number of benzene rings is 3. The summed E-state index contributed by atoms with van der Waals surface area (Å²) in [6.45, 7) is 9.27. The van der Waals surface area contributed by atoms with Crippen LogP contribution in [0, 0.1) is 0 Å². The number of anilines is 1. The standard InChI is InChI=1S/C33H35N2/c1-32(2)26-18-10-12-20-28(26)34(5)30(32)22-14-17-25(24-15-8-7-9-16-24)23-31-33(3,4)27-19-11-13-21-29(27)35(31)6/h7-23H,1-6H3/q+1. The predicted molar refractivity (Wildman–Crippen MR) is 150 cm³/mol. The Balaban J connectivity index is 1.57. The molecule has 0 aliphatic carbocycles. The van der Waals surface area contributed by atoms with Gasteiger partial charge in [-0.3, -0.25) is 0 Å². The van der Waals surface area contributed by atoms with Crippen LogP contribution in [-0.4, -0.2) is 24.4 Å². The van der Waals surface area contributed by atoms with Crippen LogP contribution in [0.5, 0.6) is 0 Å². The lowest BCUT2D eigenvalue weighted by molar-refractivity contribution is -0.401. The van der Waals surface area contributed by atoms with Gasteiger partial charge in [0, 0.05) is 41.6 Å². The number of hydrogen-bond donors (Lipinski definition) is 0. The largest absolute Gasteiger partial charge is 0.347 e. The third-order valence-electron chi connectivity index (χ3n) is 7.81. The van der Waals surface area contributed by atoms with Crippen molar-refractivity contribution in [2.45, 2.75) is 38.5 Å². The lowest BCUT2D eigenvalue weighted by Crippen LogP contribution is -2.26. The minimum Gasteiger partial charge on any atom is -0.347 e. The summed E-state index contributed by atoms with van der Waals surface area (Å²) >= 11 is 0. The Hall–Kier alpha value is -3.65. The molecule has 3 aromatic rings. The van der Waals surface area contributed by atoms with E-state index in [9.17, 15) is 0 Å². The first-order valence-electron chi connectivity index (χ1n) is 12.4. The van der Waals surface area contributed by atoms with E-state index in [0.717, 1.165) is 0 Å². The highest BCUT2D eigenvalue weighted by Gasteiger charge is 2.42. The Morgan fingerprint density at radius 3 is 2.09 bits per heavy atom. The second-order valence-electron chi connectivity index (χ2n) is 10.7. The third kappa shape index (κ3) is 3.78. The quantitative estimate of drug-likeness (QED) is 0.287. The van der Waals surface area contributed by atoms with E-state index in [-0.39, 0.29) is 10.8 Å². The van der Waals surface area contributed by atoms with Crippen LogP contribution >= 0.6 is 0 Å². The molecule has 35 heavy (non-hydrogen) atoms. The topological polar surface area (TPSA) is 6.25 Å². The van der Waals surface area contributed by atoms with Gasteiger partial charge in [0.15, 0.2) is 5.71 Å². The second-order valence-corrected chi connectivity index (χ2v) is 10.7. The van der Waals surface area contributed by atoms with Crippen molar-refractivity contribution in [1.82, 2.24) is 0 Å². The molecule has 2 heterocycles. The highest BCUT2D eigenvalue weighted by Crippen LogP contribution is 2.47. The smallest absolute Gasteiger partial charge is 0.209 e. The molecule has 0 N–H and O–H groups in total. The van der Waals surface area contributed by atoms with Crippen LogP contribution in [0.25, 0.3) is 5.57 Å². The summed E-state index contributed by atoms with van der Waals surface area (Å²) in [5.41, 5.74) is 10.3. The van der Waals surface area contributed by atoms with Gasteiger partial charge in [0.2, 0.25) is 5.69 Å². The predicted octanol–water partition coefficient (Wildman–Crippen LogP) is 7.64. The van der Waals surface area contributed by atoms with E-state index in [1.54, 1.807) is 0 Å². The molecule has 0 amide bonds. The molecule has 2 heteroatoms. The molecule has 0 saturated heterocycles. The fourth-order valence-corrected chi connectivity index (χ4v) is 5.81. The first-order valence-corrected chi connectivity index (χ1v) is 12.4. The van der Waals surface area contributed by atoms with E-state index in [0.29, 0.717) is 0 Å². The van der Waals surface area contributed by atoms with Gasteiger partial charge in [-0.2, -0.15) is 4.58 Å². The number of hydrogen-bond acceptors (Lipinski definition) is 1. The molecule has 176 valence electrons. The minimum absolute atomic E-state index is 0.0314. The molecule has 2 aliphatic heterocycles. The Morgan fingerprint density at radius 2 is 1.40 bits per heavy atom. The molecule has 0 aromatic heterocycles. The summed E-state index contributed by atoms with van der Waals surface area (Å²) in [4.78, 5) is 2.34. The molecule has 0 radical (unpaired) electrons. The average Bonchev–Trinajstić information content (AvgIpc) is 3.18. The molecule has 0 saturated carbocycles. The van der Waals surface area contributed by atoms with Crippen LogP contribution in [0.4, 0.5) is 11.4 Å². The van der Waals surface area contributed by atoms with Crippen LogP contribution in [-0.2, 0) is 10.8 Å². The molecule has 2 nitrogen and oxygen atoms in total. The number of fused-ring (bicyclic) bond motifs is 2. The molecule has 0 atom stereocenters. The number of allylic oxidation sites excluding steroid dienone is 6. The summed E-state index contributed by atoms with van der Waals surface area (Å²) in [6, 6.07) is 28.2. The van der Waals surface area contributed by atoms with E-state index >= 15 is 0 Å². The zero-order valence-corrected chi connectivity index (χ0v) is 21.7. The Kier molecular flexibility index (Phi) is 5.63. The summed E-state index contributed by atoms with van der Waals surface area (Å²) in [6.07, 6.45) is 9.12. The fraction of sp³-hybridized carbons (Fsp3) is 0.242. The molecule has 0 bridgehead atoms. The van der Waals surface area contributed by atoms with Gasteiger partial charge in [-0.05, 0) is 42.7 Å². The van der Waals surface area contributed by atoms with E-state index in [4.69, 9.17) is 0 Å². The van der Waals surface area contributed by atoms with Gasteiger partial charge in [-0.15, -0.1) is 0 Å². The van der Waals surface area contributed by atoms with Crippen molar-refractivity contribution >= 4 is 22.7 Å². The van der Waals surface area contributed by atoms with E-state index in [1.807, 2.05) is 0 Å². The molecule has 2 aliphatic rings. The highest BCUT2D eigenvalue weighted by molar-refractivity contribution is 6.03. The van der Waals surface area contributed by atoms with Crippen LogP contribution in [0.1, 0.15) is 44.4 Å². The summed E-state index contributed by atoms with van der Waals surface area (Å²) in [7, 11) is 4.35. The van der Waals surface area contributed by atoms with Gasteiger partial charge in [0.1, 0.15) is 7.05 Å². The van der Waals surface area contributed by atoms with Crippen molar-refractivity contribution in [1.29, 1.82) is 0 Å². The second kappa shape index (κ2) is 8.53.